The highest BCUT2D eigenvalue weighted by molar-refractivity contribution is 7.14. The molecule has 4 nitrogen and oxygen atoms in total. The normalized spacial score (nSPS) is 18.1. The van der Waals surface area contributed by atoms with E-state index in [1.807, 2.05) is 17.0 Å². The van der Waals surface area contributed by atoms with Gasteiger partial charge in [0.2, 0.25) is 5.91 Å². The smallest absolute Gasteiger partial charge is 0.263 e. The molecule has 1 aliphatic rings. The van der Waals surface area contributed by atoms with Gasteiger partial charge in [-0.05, 0) is 36.8 Å². The molecule has 1 aliphatic heterocycles. The molecular formula is C16H24N2O2S. The first-order valence-electron chi connectivity index (χ1n) is 7.50. The summed E-state index contributed by atoms with van der Waals surface area (Å²) in [7, 11) is 0. The van der Waals surface area contributed by atoms with Gasteiger partial charge in [-0.25, -0.2) is 0 Å². The van der Waals surface area contributed by atoms with Crippen molar-refractivity contribution in [3.8, 4) is 0 Å². The van der Waals surface area contributed by atoms with Gasteiger partial charge in [-0.3, -0.25) is 9.59 Å². The van der Waals surface area contributed by atoms with E-state index in [9.17, 15) is 9.59 Å². The van der Waals surface area contributed by atoms with Gasteiger partial charge in [0.25, 0.3) is 5.91 Å². The number of rotatable bonds is 3. The lowest BCUT2D eigenvalue weighted by Gasteiger charge is -2.23. The molecule has 0 spiro atoms. The zero-order valence-corrected chi connectivity index (χ0v) is 13.9. The van der Waals surface area contributed by atoms with E-state index in [4.69, 9.17) is 0 Å². The Balaban J connectivity index is 1.98. The molecule has 2 rings (SSSR count). The molecule has 2 amide bonds. The van der Waals surface area contributed by atoms with Crippen LogP contribution in [0.4, 0.5) is 0 Å². The molecule has 1 fully saturated rings. The van der Waals surface area contributed by atoms with Crippen molar-refractivity contribution in [3.63, 3.8) is 0 Å². The molecule has 5 heteroatoms. The third-order valence-corrected chi connectivity index (χ3v) is 5.08. The van der Waals surface area contributed by atoms with Crippen molar-refractivity contribution in [3.05, 3.63) is 21.9 Å². The lowest BCUT2D eigenvalue weighted by Crippen LogP contribution is -2.31. The molecule has 0 aliphatic carbocycles. The first kappa shape index (κ1) is 16.0. The van der Waals surface area contributed by atoms with Crippen LogP contribution in [-0.2, 0) is 11.3 Å². The third-order valence-electron chi connectivity index (χ3n) is 4.01. The minimum absolute atomic E-state index is 0.0500. The van der Waals surface area contributed by atoms with Crippen molar-refractivity contribution in [1.82, 2.24) is 10.2 Å². The van der Waals surface area contributed by atoms with Crippen LogP contribution in [0, 0.1) is 5.41 Å². The second kappa shape index (κ2) is 6.60. The van der Waals surface area contributed by atoms with E-state index in [0.717, 1.165) is 35.7 Å². The van der Waals surface area contributed by atoms with E-state index in [1.165, 1.54) is 24.7 Å². The van der Waals surface area contributed by atoms with Crippen molar-refractivity contribution in [1.29, 1.82) is 0 Å². The molecule has 116 valence electrons. The second-order valence-corrected chi connectivity index (χ2v) is 7.65. The van der Waals surface area contributed by atoms with Gasteiger partial charge in [-0.1, -0.05) is 13.8 Å². The van der Waals surface area contributed by atoms with E-state index >= 15 is 0 Å². The second-order valence-electron chi connectivity index (χ2n) is 6.49. The van der Waals surface area contributed by atoms with E-state index in [0.29, 0.717) is 12.0 Å². The van der Waals surface area contributed by atoms with Crippen LogP contribution in [0.25, 0.3) is 0 Å². The van der Waals surface area contributed by atoms with Gasteiger partial charge in [0.05, 0.1) is 11.4 Å². The van der Waals surface area contributed by atoms with Crippen LogP contribution in [0.5, 0.6) is 0 Å². The molecule has 0 unspecified atom stereocenters. The Morgan fingerprint density at radius 3 is 2.76 bits per heavy atom. The molecule has 1 saturated heterocycles. The highest BCUT2D eigenvalue weighted by Crippen LogP contribution is 2.30. The van der Waals surface area contributed by atoms with Gasteiger partial charge < -0.3 is 10.2 Å². The topological polar surface area (TPSA) is 49.4 Å². The third kappa shape index (κ3) is 4.56. The standard InChI is InChI=1S/C16H24N2O2S/c1-12(19)17-11-13-5-6-14(21-13)15(20)18-9-4-7-16(2,3)8-10-18/h5-6H,4,7-11H2,1-3H3,(H,17,19). The number of carbonyl (C=O) groups excluding carboxylic acids is 2. The molecule has 1 aromatic rings. The molecule has 0 aromatic carbocycles. The summed E-state index contributed by atoms with van der Waals surface area (Å²) in [5.74, 6) is 0.0813. The number of nitrogens with zero attached hydrogens (tertiary/aromatic N) is 1. The fourth-order valence-electron chi connectivity index (χ4n) is 2.58. The van der Waals surface area contributed by atoms with E-state index in [2.05, 4.69) is 19.2 Å². The highest BCUT2D eigenvalue weighted by atomic mass is 32.1. The summed E-state index contributed by atoms with van der Waals surface area (Å²) in [4.78, 5) is 27.3. The molecule has 1 N–H and O–H groups in total. The summed E-state index contributed by atoms with van der Waals surface area (Å²) in [6, 6.07) is 3.80. The Morgan fingerprint density at radius 1 is 1.29 bits per heavy atom. The molecule has 21 heavy (non-hydrogen) atoms. The van der Waals surface area contributed by atoms with Crippen LogP contribution >= 0.6 is 11.3 Å². The Morgan fingerprint density at radius 2 is 2.05 bits per heavy atom. The zero-order valence-electron chi connectivity index (χ0n) is 13.1. The molecule has 0 atom stereocenters. The lowest BCUT2D eigenvalue weighted by molar-refractivity contribution is -0.119. The van der Waals surface area contributed by atoms with E-state index in [-0.39, 0.29) is 11.8 Å². The lowest BCUT2D eigenvalue weighted by atomic mass is 9.85. The van der Waals surface area contributed by atoms with Crippen LogP contribution in [0.15, 0.2) is 12.1 Å². The Hall–Kier alpha value is -1.36. The summed E-state index contributed by atoms with van der Waals surface area (Å²) in [5, 5.41) is 2.76. The molecule has 0 saturated carbocycles. The van der Waals surface area contributed by atoms with Crippen molar-refractivity contribution in [2.75, 3.05) is 13.1 Å². The van der Waals surface area contributed by atoms with E-state index in [1.54, 1.807) is 0 Å². The highest BCUT2D eigenvalue weighted by Gasteiger charge is 2.26. The summed E-state index contributed by atoms with van der Waals surface area (Å²) >= 11 is 1.48. The summed E-state index contributed by atoms with van der Waals surface area (Å²) in [5.41, 5.74) is 0.334. The Kier molecular flexibility index (Phi) is 5.04. The van der Waals surface area contributed by atoms with Crippen molar-refractivity contribution >= 4 is 23.2 Å². The summed E-state index contributed by atoms with van der Waals surface area (Å²) < 4.78 is 0. The predicted octanol–water partition coefficient (Wildman–Crippen LogP) is 3.04. The quantitative estimate of drug-likeness (QED) is 0.933. The van der Waals surface area contributed by atoms with Gasteiger partial charge in [-0.2, -0.15) is 0 Å². The van der Waals surface area contributed by atoms with Gasteiger partial charge in [0, 0.05) is 24.9 Å². The maximum absolute atomic E-state index is 12.6. The molecule has 0 radical (unpaired) electrons. The van der Waals surface area contributed by atoms with Crippen molar-refractivity contribution in [2.24, 2.45) is 5.41 Å². The number of hydrogen-bond donors (Lipinski definition) is 1. The largest absolute Gasteiger partial charge is 0.351 e. The average Bonchev–Trinajstić information content (AvgIpc) is 2.80. The van der Waals surface area contributed by atoms with Gasteiger partial charge in [0.15, 0.2) is 0 Å². The minimum atomic E-state index is -0.0500. The minimum Gasteiger partial charge on any atom is -0.351 e. The van der Waals surface area contributed by atoms with Gasteiger partial charge in [0.1, 0.15) is 0 Å². The number of hydrogen-bond acceptors (Lipinski definition) is 3. The number of thiophene rings is 1. The Bertz CT molecular complexity index is 522. The SMILES string of the molecule is CC(=O)NCc1ccc(C(=O)N2CCCC(C)(C)CC2)s1. The molecular weight excluding hydrogens is 284 g/mol. The monoisotopic (exact) mass is 308 g/mol. The van der Waals surface area contributed by atoms with Crippen molar-refractivity contribution in [2.45, 2.75) is 46.6 Å². The maximum Gasteiger partial charge on any atom is 0.263 e. The van der Waals surface area contributed by atoms with Gasteiger partial charge >= 0.3 is 0 Å². The van der Waals surface area contributed by atoms with Crippen LogP contribution in [0.2, 0.25) is 0 Å². The summed E-state index contributed by atoms with van der Waals surface area (Å²) in [6.45, 7) is 8.24. The van der Waals surface area contributed by atoms with Gasteiger partial charge in [-0.15, -0.1) is 11.3 Å². The zero-order chi connectivity index (χ0) is 15.5. The van der Waals surface area contributed by atoms with Crippen LogP contribution < -0.4 is 5.32 Å². The Labute approximate surface area is 130 Å². The fourth-order valence-corrected chi connectivity index (χ4v) is 3.50. The van der Waals surface area contributed by atoms with E-state index < -0.39 is 0 Å². The molecule has 2 heterocycles. The van der Waals surface area contributed by atoms with Crippen LogP contribution in [-0.4, -0.2) is 29.8 Å². The maximum atomic E-state index is 12.6. The number of nitrogens with one attached hydrogen (secondary N) is 1. The first-order chi connectivity index (χ1) is 9.87. The van der Waals surface area contributed by atoms with Crippen LogP contribution in [0.3, 0.4) is 0 Å². The number of carbonyl (C=O) groups is 2. The summed E-state index contributed by atoms with van der Waals surface area (Å²) in [6.07, 6.45) is 3.31. The average molecular weight is 308 g/mol. The number of likely N-dealkylation sites (tertiary alicyclic amines) is 1. The molecule has 0 bridgehead atoms. The van der Waals surface area contributed by atoms with Crippen molar-refractivity contribution < 1.29 is 9.59 Å². The predicted molar refractivity (Wildman–Crippen MR) is 85.4 cm³/mol. The molecule has 1 aromatic heterocycles. The first-order valence-corrected chi connectivity index (χ1v) is 8.31. The number of amides is 2. The fraction of sp³-hybridized carbons (Fsp3) is 0.625. The van der Waals surface area contributed by atoms with Crippen LogP contribution in [0.1, 0.15) is 54.6 Å².